The van der Waals surface area contributed by atoms with Crippen molar-refractivity contribution in [1.29, 1.82) is 0 Å². The average molecular weight is 449 g/mol. The predicted molar refractivity (Wildman–Crippen MR) is 151 cm³/mol. The van der Waals surface area contributed by atoms with Crippen molar-refractivity contribution in [3.05, 3.63) is 121 Å². The Balaban J connectivity index is 0.000000120. The maximum Gasteiger partial charge on any atom is 0.0568 e. The molecule has 2 nitrogen and oxygen atoms in total. The van der Waals surface area contributed by atoms with Crippen molar-refractivity contribution in [2.24, 2.45) is 7.05 Å². The molecule has 0 aliphatic carbocycles. The number of fused-ring (bicyclic) bond motifs is 10. The lowest BCUT2D eigenvalue weighted by Gasteiger charge is -2.02. The Morgan fingerprint density at radius 2 is 1.03 bits per heavy atom. The van der Waals surface area contributed by atoms with Gasteiger partial charge in [-0.3, -0.25) is 0 Å². The Morgan fingerprint density at radius 1 is 0.457 bits per heavy atom. The minimum absolute atomic E-state index is 1.21. The first-order valence-electron chi connectivity index (χ1n) is 12.0. The fourth-order valence-corrected chi connectivity index (χ4v) is 5.54. The number of aromatic amines is 1. The molecule has 0 aliphatic heterocycles. The van der Waals surface area contributed by atoms with Gasteiger partial charge < -0.3 is 9.55 Å². The summed E-state index contributed by atoms with van der Waals surface area (Å²) in [6.07, 6.45) is 0. The standard InChI is InChI=1S/C17H13N.C16H11N/c1-18-16-9-5-4-8-14(16)15-11-10-12-6-2-3-7-13(12)17(15)18;1-2-6-12-11(5-1)9-10-14-13-7-3-4-8-15(13)17-16(12)14/h2-11H,1H3;1-10,17H. The van der Waals surface area contributed by atoms with Crippen molar-refractivity contribution in [2.75, 3.05) is 0 Å². The summed E-state index contributed by atoms with van der Waals surface area (Å²) < 4.78 is 2.30. The molecule has 35 heavy (non-hydrogen) atoms. The highest BCUT2D eigenvalue weighted by Crippen LogP contribution is 2.33. The zero-order valence-electron chi connectivity index (χ0n) is 19.5. The van der Waals surface area contributed by atoms with E-state index in [9.17, 15) is 0 Å². The largest absolute Gasteiger partial charge is 0.354 e. The highest BCUT2D eigenvalue weighted by Gasteiger charge is 2.10. The van der Waals surface area contributed by atoms with Crippen molar-refractivity contribution < 1.29 is 0 Å². The molecule has 0 unspecified atom stereocenters. The van der Waals surface area contributed by atoms with E-state index in [1.54, 1.807) is 0 Å². The van der Waals surface area contributed by atoms with E-state index < -0.39 is 0 Å². The third-order valence-corrected chi connectivity index (χ3v) is 7.20. The predicted octanol–water partition coefficient (Wildman–Crippen LogP) is 8.96. The third kappa shape index (κ3) is 3.04. The highest BCUT2D eigenvalue weighted by atomic mass is 14.9. The van der Waals surface area contributed by atoms with Crippen LogP contribution in [0, 0.1) is 0 Å². The van der Waals surface area contributed by atoms with Crippen molar-refractivity contribution in [3.8, 4) is 0 Å². The maximum atomic E-state index is 3.52. The number of H-pyrrole nitrogens is 1. The SMILES string of the molecule is Cn1c2ccccc2c2ccc3ccccc3c21.c1ccc2c(c1)ccc1c3ccccc3[nH]c21. The quantitative estimate of drug-likeness (QED) is 0.239. The van der Waals surface area contributed by atoms with Gasteiger partial charge in [-0.05, 0) is 22.9 Å². The molecule has 2 heterocycles. The van der Waals surface area contributed by atoms with Crippen LogP contribution in [0.2, 0.25) is 0 Å². The fourth-order valence-electron chi connectivity index (χ4n) is 5.54. The van der Waals surface area contributed by atoms with E-state index in [-0.39, 0.29) is 0 Å². The van der Waals surface area contributed by atoms with Gasteiger partial charge in [-0.1, -0.05) is 109 Å². The van der Waals surface area contributed by atoms with E-state index in [0.29, 0.717) is 0 Å². The molecule has 2 heteroatoms. The molecule has 0 radical (unpaired) electrons. The van der Waals surface area contributed by atoms with Gasteiger partial charge in [-0.25, -0.2) is 0 Å². The molecule has 2 aromatic heterocycles. The number of aromatic nitrogens is 2. The van der Waals surface area contributed by atoms with Gasteiger partial charge in [0.25, 0.3) is 0 Å². The second-order valence-electron chi connectivity index (χ2n) is 9.14. The topological polar surface area (TPSA) is 20.7 Å². The third-order valence-electron chi connectivity index (χ3n) is 7.20. The molecule has 8 aromatic rings. The molecule has 0 bridgehead atoms. The number of para-hydroxylation sites is 2. The van der Waals surface area contributed by atoms with Crippen LogP contribution in [0.1, 0.15) is 0 Å². The van der Waals surface area contributed by atoms with Crippen molar-refractivity contribution in [1.82, 2.24) is 9.55 Å². The van der Waals surface area contributed by atoms with Crippen molar-refractivity contribution in [3.63, 3.8) is 0 Å². The lowest BCUT2D eigenvalue weighted by Crippen LogP contribution is -1.87. The molecule has 0 saturated carbocycles. The lowest BCUT2D eigenvalue weighted by molar-refractivity contribution is 1.02. The lowest BCUT2D eigenvalue weighted by atomic mass is 10.1. The normalized spacial score (nSPS) is 11.6. The summed E-state index contributed by atoms with van der Waals surface area (Å²) in [7, 11) is 2.15. The minimum atomic E-state index is 1.21. The molecule has 1 N–H and O–H groups in total. The molecule has 0 atom stereocenters. The Morgan fingerprint density at radius 3 is 1.83 bits per heavy atom. The van der Waals surface area contributed by atoms with Gasteiger partial charge in [-0.2, -0.15) is 0 Å². The van der Waals surface area contributed by atoms with E-state index in [1.165, 1.54) is 65.2 Å². The van der Waals surface area contributed by atoms with Crippen LogP contribution in [0.25, 0.3) is 65.2 Å². The average Bonchev–Trinajstić information content (AvgIpc) is 3.45. The molecule has 0 fully saturated rings. The van der Waals surface area contributed by atoms with Gasteiger partial charge in [0, 0.05) is 50.4 Å². The van der Waals surface area contributed by atoms with E-state index in [2.05, 4.69) is 138 Å². The Bertz CT molecular complexity index is 2020. The van der Waals surface area contributed by atoms with Crippen LogP contribution < -0.4 is 0 Å². The van der Waals surface area contributed by atoms with E-state index in [0.717, 1.165) is 0 Å². The van der Waals surface area contributed by atoms with Crippen LogP contribution in [0.5, 0.6) is 0 Å². The number of nitrogens with one attached hydrogen (secondary N) is 1. The van der Waals surface area contributed by atoms with Gasteiger partial charge in [0.2, 0.25) is 0 Å². The summed E-state index contributed by atoms with van der Waals surface area (Å²) >= 11 is 0. The number of rotatable bonds is 0. The smallest absolute Gasteiger partial charge is 0.0568 e. The van der Waals surface area contributed by atoms with Gasteiger partial charge in [0.05, 0.1) is 11.0 Å². The Kier molecular flexibility index (Phi) is 4.40. The monoisotopic (exact) mass is 448 g/mol. The van der Waals surface area contributed by atoms with Crippen LogP contribution in [0.3, 0.4) is 0 Å². The number of hydrogen-bond donors (Lipinski definition) is 1. The number of aryl methyl sites for hydroxylation is 1. The first-order valence-corrected chi connectivity index (χ1v) is 12.0. The summed E-state index contributed by atoms with van der Waals surface area (Å²) in [6, 6.07) is 43.0. The Labute approximate surface area is 203 Å². The minimum Gasteiger partial charge on any atom is -0.354 e. The van der Waals surface area contributed by atoms with Crippen LogP contribution in [-0.4, -0.2) is 9.55 Å². The zero-order chi connectivity index (χ0) is 23.4. The number of hydrogen-bond acceptors (Lipinski definition) is 0. The molecule has 166 valence electrons. The molecular formula is C33H24N2. The molecule has 6 aromatic carbocycles. The molecule has 0 spiro atoms. The van der Waals surface area contributed by atoms with Crippen LogP contribution >= 0.6 is 0 Å². The van der Waals surface area contributed by atoms with Crippen molar-refractivity contribution >= 4 is 65.2 Å². The molecule has 0 aliphatic rings. The van der Waals surface area contributed by atoms with Gasteiger partial charge in [-0.15, -0.1) is 0 Å². The van der Waals surface area contributed by atoms with Crippen LogP contribution in [-0.2, 0) is 7.05 Å². The molecule has 0 saturated heterocycles. The molecule has 0 amide bonds. The summed E-state index contributed by atoms with van der Waals surface area (Å²) in [5, 5.41) is 10.5. The first kappa shape index (κ1) is 19.9. The van der Waals surface area contributed by atoms with Gasteiger partial charge in [0.15, 0.2) is 0 Å². The molecular weight excluding hydrogens is 424 g/mol. The summed E-state index contributed by atoms with van der Waals surface area (Å²) in [4.78, 5) is 3.52. The van der Waals surface area contributed by atoms with Crippen LogP contribution in [0.4, 0.5) is 0 Å². The van der Waals surface area contributed by atoms with Crippen LogP contribution in [0.15, 0.2) is 121 Å². The number of nitrogens with zero attached hydrogens (tertiary/aromatic N) is 1. The summed E-state index contributed by atoms with van der Waals surface area (Å²) in [5.74, 6) is 0. The van der Waals surface area contributed by atoms with Gasteiger partial charge >= 0.3 is 0 Å². The fraction of sp³-hybridized carbons (Fsp3) is 0.0303. The summed E-state index contributed by atoms with van der Waals surface area (Å²) in [5.41, 5.74) is 5.07. The van der Waals surface area contributed by atoms with Crippen molar-refractivity contribution in [2.45, 2.75) is 0 Å². The maximum absolute atomic E-state index is 3.52. The summed E-state index contributed by atoms with van der Waals surface area (Å²) in [6.45, 7) is 0. The number of benzene rings is 6. The Hall–Kier alpha value is -4.56. The van der Waals surface area contributed by atoms with Gasteiger partial charge in [0.1, 0.15) is 0 Å². The second kappa shape index (κ2) is 7.75. The van der Waals surface area contributed by atoms with E-state index in [4.69, 9.17) is 0 Å². The highest BCUT2D eigenvalue weighted by molar-refractivity contribution is 6.18. The van der Waals surface area contributed by atoms with E-state index in [1.807, 2.05) is 0 Å². The second-order valence-corrected chi connectivity index (χ2v) is 9.14. The zero-order valence-corrected chi connectivity index (χ0v) is 19.5. The molecule has 8 rings (SSSR count). The van der Waals surface area contributed by atoms with E-state index >= 15 is 0 Å². The first-order chi connectivity index (χ1) is 17.3.